The van der Waals surface area contributed by atoms with Gasteiger partial charge in [0.15, 0.2) is 0 Å². The molecule has 2 aliphatic rings. The molecule has 0 bridgehead atoms. The van der Waals surface area contributed by atoms with Gasteiger partial charge in [0.05, 0.1) is 18.1 Å². The van der Waals surface area contributed by atoms with Gasteiger partial charge in [-0.2, -0.15) is 0 Å². The first-order chi connectivity index (χ1) is 11.5. The highest BCUT2D eigenvalue weighted by Gasteiger charge is 2.38. The van der Waals surface area contributed by atoms with Gasteiger partial charge in [-0.05, 0) is 38.0 Å². The van der Waals surface area contributed by atoms with Crippen LogP contribution in [0.3, 0.4) is 0 Å². The van der Waals surface area contributed by atoms with Gasteiger partial charge in [0.1, 0.15) is 0 Å². The van der Waals surface area contributed by atoms with Crippen molar-refractivity contribution < 1.29 is 14.3 Å². The van der Waals surface area contributed by atoms with E-state index in [0.717, 1.165) is 12.1 Å². The normalized spacial score (nSPS) is 27.6. The Morgan fingerprint density at radius 3 is 2.33 bits per heavy atom. The van der Waals surface area contributed by atoms with Gasteiger partial charge in [0, 0.05) is 31.7 Å². The summed E-state index contributed by atoms with van der Waals surface area (Å²) in [6.45, 7) is 7.77. The van der Waals surface area contributed by atoms with E-state index in [2.05, 4.69) is 6.92 Å². The van der Waals surface area contributed by atoms with Crippen molar-refractivity contribution in [2.24, 2.45) is 5.92 Å². The largest absolute Gasteiger partial charge is 0.372 e. The van der Waals surface area contributed by atoms with Gasteiger partial charge < -0.3 is 14.5 Å². The zero-order valence-corrected chi connectivity index (χ0v) is 14.7. The van der Waals surface area contributed by atoms with Crippen molar-refractivity contribution in [2.75, 3.05) is 24.5 Å². The fourth-order valence-corrected chi connectivity index (χ4v) is 3.65. The maximum atomic E-state index is 12.8. The number of nitrogens with zero attached hydrogens (tertiary/aromatic N) is 2. The zero-order valence-electron chi connectivity index (χ0n) is 14.7. The lowest BCUT2D eigenvalue weighted by molar-refractivity contribution is -0.147. The number of rotatable bonds is 3. The summed E-state index contributed by atoms with van der Waals surface area (Å²) in [6.07, 6.45) is 1.37. The van der Waals surface area contributed by atoms with Crippen LogP contribution in [0.25, 0.3) is 0 Å². The number of carbonyl (C=O) groups excluding carboxylic acids is 2. The average Bonchev–Trinajstić information content (AvgIpc) is 2.95. The summed E-state index contributed by atoms with van der Waals surface area (Å²) in [5.74, 6) is -0.133. The molecule has 2 fully saturated rings. The molecule has 0 aliphatic carbocycles. The van der Waals surface area contributed by atoms with Gasteiger partial charge in [-0.25, -0.2) is 0 Å². The third-order valence-corrected chi connectivity index (χ3v) is 4.86. The third kappa shape index (κ3) is 3.46. The van der Waals surface area contributed by atoms with E-state index in [4.69, 9.17) is 4.74 Å². The number of ether oxygens (including phenoxy) is 1. The van der Waals surface area contributed by atoms with Crippen molar-refractivity contribution >= 4 is 17.5 Å². The Balaban J connectivity index is 1.68. The fraction of sp³-hybridized carbons (Fsp3) is 0.579. The molecule has 2 amide bonds. The molecule has 2 heterocycles. The Bertz CT molecular complexity index is 604. The highest BCUT2D eigenvalue weighted by molar-refractivity contribution is 6.00. The van der Waals surface area contributed by atoms with Crippen LogP contribution in [0.5, 0.6) is 0 Å². The molecular formula is C19H26N2O3. The summed E-state index contributed by atoms with van der Waals surface area (Å²) in [6, 6.07) is 8.04. The number of morpholine rings is 1. The Morgan fingerprint density at radius 1 is 1.12 bits per heavy atom. The molecule has 1 aromatic rings. The molecule has 5 nitrogen and oxygen atoms in total. The molecule has 0 spiro atoms. The molecule has 0 radical (unpaired) electrons. The van der Waals surface area contributed by atoms with Crippen LogP contribution in [0.2, 0.25) is 0 Å². The molecule has 2 saturated heterocycles. The molecule has 0 unspecified atom stereocenters. The first-order valence-electron chi connectivity index (χ1n) is 8.81. The van der Waals surface area contributed by atoms with Gasteiger partial charge in [-0.3, -0.25) is 9.59 Å². The lowest BCUT2D eigenvalue weighted by Gasteiger charge is -2.36. The van der Waals surface area contributed by atoms with Crippen molar-refractivity contribution in [3.8, 4) is 0 Å². The van der Waals surface area contributed by atoms with E-state index >= 15 is 0 Å². The van der Waals surface area contributed by atoms with Crippen molar-refractivity contribution in [2.45, 2.75) is 45.8 Å². The van der Waals surface area contributed by atoms with E-state index < -0.39 is 0 Å². The van der Waals surface area contributed by atoms with E-state index in [1.165, 1.54) is 5.56 Å². The number of anilines is 1. The highest BCUT2D eigenvalue weighted by atomic mass is 16.5. The van der Waals surface area contributed by atoms with E-state index in [9.17, 15) is 9.59 Å². The zero-order chi connectivity index (χ0) is 17.3. The molecule has 2 aliphatic heterocycles. The molecule has 3 atom stereocenters. The van der Waals surface area contributed by atoms with Gasteiger partial charge >= 0.3 is 0 Å². The minimum Gasteiger partial charge on any atom is -0.372 e. The molecule has 1 aromatic carbocycles. The summed E-state index contributed by atoms with van der Waals surface area (Å²) >= 11 is 0. The monoisotopic (exact) mass is 330 g/mol. The molecule has 130 valence electrons. The standard InChI is InChI=1S/C19H26N2O3/c1-4-15-5-7-17(8-6-15)21-12-16(9-18(21)22)19(23)20-10-13(2)24-14(3)11-20/h5-8,13-14,16H,4,9-12H2,1-3H3/t13-,14-,16+/m1/s1. The van der Waals surface area contributed by atoms with Crippen LogP contribution in [0.4, 0.5) is 5.69 Å². The summed E-state index contributed by atoms with van der Waals surface area (Å²) in [4.78, 5) is 28.8. The van der Waals surface area contributed by atoms with Crippen LogP contribution >= 0.6 is 0 Å². The van der Waals surface area contributed by atoms with Crippen molar-refractivity contribution in [3.05, 3.63) is 29.8 Å². The van der Waals surface area contributed by atoms with Crippen LogP contribution in [0.15, 0.2) is 24.3 Å². The molecule has 0 saturated carbocycles. The SMILES string of the molecule is CCc1ccc(N2C[C@@H](C(=O)N3C[C@@H](C)O[C@H](C)C3)CC2=O)cc1. The number of amides is 2. The van der Waals surface area contributed by atoms with E-state index in [0.29, 0.717) is 26.1 Å². The fourth-order valence-electron chi connectivity index (χ4n) is 3.65. The predicted octanol–water partition coefficient (Wildman–Crippen LogP) is 2.24. The molecule has 3 rings (SSSR count). The Morgan fingerprint density at radius 2 is 1.75 bits per heavy atom. The summed E-state index contributed by atoms with van der Waals surface area (Å²) in [5.41, 5.74) is 2.13. The van der Waals surface area contributed by atoms with Gasteiger partial charge in [-0.1, -0.05) is 19.1 Å². The third-order valence-electron chi connectivity index (χ3n) is 4.86. The topological polar surface area (TPSA) is 49.9 Å². The molecule has 5 heteroatoms. The minimum absolute atomic E-state index is 0.0342. The highest BCUT2D eigenvalue weighted by Crippen LogP contribution is 2.27. The van der Waals surface area contributed by atoms with Crippen molar-refractivity contribution in [1.29, 1.82) is 0 Å². The van der Waals surface area contributed by atoms with Crippen LogP contribution < -0.4 is 4.90 Å². The molecule has 24 heavy (non-hydrogen) atoms. The number of hydrogen-bond acceptors (Lipinski definition) is 3. The maximum Gasteiger partial charge on any atom is 0.228 e. The van der Waals surface area contributed by atoms with Crippen molar-refractivity contribution in [3.63, 3.8) is 0 Å². The lowest BCUT2D eigenvalue weighted by atomic mass is 10.1. The molecular weight excluding hydrogens is 304 g/mol. The first-order valence-corrected chi connectivity index (χ1v) is 8.81. The maximum absolute atomic E-state index is 12.8. The second-order valence-electron chi connectivity index (χ2n) is 6.93. The first kappa shape index (κ1) is 17.0. The predicted molar refractivity (Wildman–Crippen MR) is 92.9 cm³/mol. The van der Waals surface area contributed by atoms with Crippen LogP contribution in [0.1, 0.15) is 32.8 Å². The van der Waals surface area contributed by atoms with E-state index in [-0.39, 0.29) is 29.9 Å². The van der Waals surface area contributed by atoms with Crippen LogP contribution in [0, 0.1) is 5.92 Å². The Hall–Kier alpha value is -1.88. The number of benzene rings is 1. The van der Waals surface area contributed by atoms with Crippen molar-refractivity contribution in [1.82, 2.24) is 4.90 Å². The summed E-state index contributed by atoms with van der Waals surface area (Å²) in [7, 11) is 0. The lowest BCUT2D eigenvalue weighted by Crippen LogP contribution is -2.50. The van der Waals surface area contributed by atoms with E-state index in [1.54, 1.807) is 4.90 Å². The van der Waals surface area contributed by atoms with Crippen LogP contribution in [-0.2, 0) is 20.7 Å². The van der Waals surface area contributed by atoms with Gasteiger partial charge in [0.2, 0.25) is 11.8 Å². The Labute approximate surface area is 143 Å². The van der Waals surface area contributed by atoms with Gasteiger partial charge in [0.25, 0.3) is 0 Å². The Kier molecular flexibility index (Phi) is 4.90. The van der Waals surface area contributed by atoms with E-state index in [1.807, 2.05) is 43.0 Å². The van der Waals surface area contributed by atoms with Gasteiger partial charge in [-0.15, -0.1) is 0 Å². The second kappa shape index (κ2) is 6.93. The number of aryl methyl sites for hydroxylation is 1. The van der Waals surface area contributed by atoms with Crippen LogP contribution in [-0.4, -0.2) is 48.6 Å². The summed E-state index contributed by atoms with van der Waals surface area (Å²) in [5, 5.41) is 0. The number of carbonyl (C=O) groups is 2. The average molecular weight is 330 g/mol. The number of hydrogen-bond donors (Lipinski definition) is 0. The quantitative estimate of drug-likeness (QED) is 0.854. The summed E-state index contributed by atoms with van der Waals surface area (Å²) < 4.78 is 5.69. The molecule has 0 N–H and O–H groups in total. The second-order valence-corrected chi connectivity index (χ2v) is 6.93. The minimum atomic E-state index is -0.249. The smallest absolute Gasteiger partial charge is 0.228 e. The molecule has 0 aromatic heterocycles.